The molecule has 2 aliphatic rings. The van der Waals surface area contributed by atoms with Gasteiger partial charge in [0.15, 0.2) is 0 Å². The summed E-state index contributed by atoms with van der Waals surface area (Å²) < 4.78 is 5.69. The molecule has 2 fully saturated rings. The molecule has 4 nitrogen and oxygen atoms in total. The predicted molar refractivity (Wildman–Crippen MR) is 57.3 cm³/mol. The molecule has 0 spiro atoms. The molecule has 2 N–H and O–H groups in total. The fourth-order valence-corrected chi connectivity index (χ4v) is 2.31. The Balaban J connectivity index is 1.96. The number of morpholine rings is 1. The van der Waals surface area contributed by atoms with Crippen LogP contribution in [-0.4, -0.2) is 42.1 Å². The van der Waals surface area contributed by atoms with Crippen LogP contribution in [0.25, 0.3) is 0 Å². The normalized spacial score (nSPS) is 33.9. The second-order valence-corrected chi connectivity index (χ2v) is 4.85. The number of nitrogens with zero attached hydrogens (tertiary/aromatic N) is 1. The maximum atomic E-state index is 12.0. The summed E-state index contributed by atoms with van der Waals surface area (Å²) in [4.78, 5) is 14.0. The Morgan fingerprint density at radius 2 is 1.87 bits per heavy atom. The van der Waals surface area contributed by atoms with Crippen LogP contribution in [0.5, 0.6) is 0 Å². The van der Waals surface area contributed by atoms with Crippen molar-refractivity contribution in [1.82, 2.24) is 4.90 Å². The van der Waals surface area contributed by atoms with Crippen molar-refractivity contribution in [2.75, 3.05) is 13.1 Å². The maximum Gasteiger partial charge on any atom is 0.227 e. The van der Waals surface area contributed by atoms with E-state index in [4.69, 9.17) is 10.5 Å². The van der Waals surface area contributed by atoms with Crippen LogP contribution in [0.2, 0.25) is 0 Å². The maximum absolute atomic E-state index is 12.0. The molecule has 4 atom stereocenters. The van der Waals surface area contributed by atoms with Crippen LogP contribution in [0.3, 0.4) is 0 Å². The molecule has 1 amide bonds. The summed E-state index contributed by atoms with van der Waals surface area (Å²) in [6.45, 7) is 5.31. The fraction of sp³-hybridized carbons (Fsp3) is 0.909. The lowest BCUT2D eigenvalue weighted by Gasteiger charge is -2.34. The molecule has 2 aliphatic heterocycles. The summed E-state index contributed by atoms with van der Waals surface area (Å²) in [5, 5.41) is 0. The van der Waals surface area contributed by atoms with E-state index in [1.54, 1.807) is 0 Å². The minimum absolute atomic E-state index is 0.0713. The Hall–Kier alpha value is -0.610. The first-order valence-corrected chi connectivity index (χ1v) is 5.77. The van der Waals surface area contributed by atoms with Crippen molar-refractivity contribution in [2.24, 2.45) is 11.7 Å². The number of hydrogen-bond donors (Lipinski definition) is 1. The molecule has 2 rings (SSSR count). The quantitative estimate of drug-likeness (QED) is 0.719. The minimum atomic E-state index is -0.0810. The molecule has 0 aliphatic carbocycles. The number of carbonyl (C=O) groups is 1. The molecule has 0 saturated carbocycles. The Morgan fingerprint density at radius 1 is 1.33 bits per heavy atom. The lowest BCUT2D eigenvalue weighted by molar-refractivity contribution is -0.144. The molecule has 2 heterocycles. The smallest absolute Gasteiger partial charge is 0.227 e. The fourth-order valence-electron chi connectivity index (χ4n) is 2.31. The SMILES string of the molecule is CC(N)C(C)C(=O)N1CC2CCC(C1)O2. The van der Waals surface area contributed by atoms with Gasteiger partial charge in [0.25, 0.3) is 0 Å². The summed E-state index contributed by atoms with van der Waals surface area (Å²) in [5.74, 6) is 0.104. The molecule has 0 aromatic heterocycles. The Bertz CT molecular complexity index is 243. The van der Waals surface area contributed by atoms with Crippen LogP contribution < -0.4 is 5.73 Å². The minimum Gasteiger partial charge on any atom is -0.371 e. The van der Waals surface area contributed by atoms with Crippen molar-refractivity contribution >= 4 is 5.91 Å². The van der Waals surface area contributed by atoms with Crippen molar-refractivity contribution < 1.29 is 9.53 Å². The van der Waals surface area contributed by atoms with E-state index in [0.29, 0.717) is 0 Å². The van der Waals surface area contributed by atoms with Gasteiger partial charge < -0.3 is 15.4 Å². The topological polar surface area (TPSA) is 55.6 Å². The van der Waals surface area contributed by atoms with Gasteiger partial charge in [-0.15, -0.1) is 0 Å². The molecule has 2 saturated heterocycles. The number of carbonyl (C=O) groups excluding carboxylic acids is 1. The van der Waals surface area contributed by atoms with Crippen molar-refractivity contribution in [2.45, 2.75) is 44.9 Å². The van der Waals surface area contributed by atoms with E-state index in [1.807, 2.05) is 18.7 Å². The zero-order chi connectivity index (χ0) is 11.0. The summed E-state index contributed by atoms with van der Waals surface area (Å²) in [6.07, 6.45) is 2.74. The second-order valence-electron chi connectivity index (χ2n) is 4.85. The van der Waals surface area contributed by atoms with Crippen molar-refractivity contribution in [3.63, 3.8) is 0 Å². The summed E-state index contributed by atoms with van der Waals surface area (Å²) in [5.41, 5.74) is 5.75. The van der Waals surface area contributed by atoms with Gasteiger partial charge in [0.1, 0.15) is 0 Å². The zero-order valence-corrected chi connectivity index (χ0v) is 9.48. The van der Waals surface area contributed by atoms with E-state index in [1.165, 1.54) is 0 Å². The first-order valence-electron chi connectivity index (χ1n) is 5.77. The summed E-state index contributed by atoms with van der Waals surface area (Å²) in [7, 11) is 0. The highest BCUT2D eigenvalue weighted by molar-refractivity contribution is 5.79. The van der Waals surface area contributed by atoms with Crippen molar-refractivity contribution in [1.29, 1.82) is 0 Å². The van der Waals surface area contributed by atoms with Gasteiger partial charge in [-0.25, -0.2) is 0 Å². The number of likely N-dealkylation sites (tertiary alicyclic amines) is 1. The van der Waals surface area contributed by atoms with E-state index < -0.39 is 0 Å². The monoisotopic (exact) mass is 212 g/mol. The van der Waals surface area contributed by atoms with Crippen LogP contribution in [0.15, 0.2) is 0 Å². The molecule has 86 valence electrons. The zero-order valence-electron chi connectivity index (χ0n) is 9.48. The van der Waals surface area contributed by atoms with E-state index in [0.717, 1.165) is 25.9 Å². The highest BCUT2D eigenvalue weighted by Gasteiger charge is 2.37. The summed E-state index contributed by atoms with van der Waals surface area (Å²) in [6, 6.07) is -0.0713. The van der Waals surface area contributed by atoms with Gasteiger partial charge in [0.05, 0.1) is 18.1 Å². The van der Waals surface area contributed by atoms with Gasteiger partial charge in [-0.1, -0.05) is 6.92 Å². The number of rotatable bonds is 2. The Morgan fingerprint density at radius 3 is 2.33 bits per heavy atom. The van der Waals surface area contributed by atoms with E-state index >= 15 is 0 Å². The number of ether oxygens (including phenoxy) is 1. The first kappa shape index (κ1) is 10.9. The van der Waals surface area contributed by atoms with Crippen molar-refractivity contribution in [3.8, 4) is 0 Å². The third-order valence-electron chi connectivity index (χ3n) is 3.53. The Labute approximate surface area is 90.8 Å². The van der Waals surface area contributed by atoms with Crippen LogP contribution >= 0.6 is 0 Å². The molecule has 4 unspecified atom stereocenters. The predicted octanol–water partition coefficient (Wildman–Crippen LogP) is 0.359. The van der Waals surface area contributed by atoms with Gasteiger partial charge in [0, 0.05) is 19.1 Å². The van der Waals surface area contributed by atoms with E-state index in [2.05, 4.69) is 0 Å². The van der Waals surface area contributed by atoms with Gasteiger partial charge in [0.2, 0.25) is 5.91 Å². The van der Waals surface area contributed by atoms with E-state index in [9.17, 15) is 4.79 Å². The van der Waals surface area contributed by atoms with Crippen LogP contribution in [0, 0.1) is 5.92 Å². The largest absolute Gasteiger partial charge is 0.371 e. The molecular weight excluding hydrogens is 192 g/mol. The molecular formula is C11H20N2O2. The van der Waals surface area contributed by atoms with Gasteiger partial charge in [-0.2, -0.15) is 0 Å². The standard InChI is InChI=1S/C11H20N2O2/c1-7(8(2)12)11(14)13-5-9-3-4-10(6-13)15-9/h7-10H,3-6,12H2,1-2H3. The number of hydrogen-bond acceptors (Lipinski definition) is 3. The van der Waals surface area contributed by atoms with Crippen molar-refractivity contribution in [3.05, 3.63) is 0 Å². The van der Waals surface area contributed by atoms with Gasteiger partial charge in [-0.05, 0) is 19.8 Å². The average Bonchev–Trinajstić information content (AvgIpc) is 2.55. The van der Waals surface area contributed by atoms with Crippen LogP contribution in [-0.2, 0) is 9.53 Å². The van der Waals surface area contributed by atoms with Gasteiger partial charge in [-0.3, -0.25) is 4.79 Å². The third kappa shape index (κ3) is 2.16. The number of nitrogens with two attached hydrogens (primary N) is 1. The Kier molecular flexibility index (Phi) is 2.98. The number of amides is 1. The molecule has 0 aromatic rings. The summed E-state index contributed by atoms with van der Waals surface area (Å²) >= 11 is 0. The molecule has 0 aromatic carbocycles. The van der Waals surface area contributed by atoms with Crippen LogP contribution in [0.4, 0.5) is 0 Å². The highest BCUT2D eigenvalue weighted by Crippen LogP contribution is 2.27. The molecule has 2 bridgehead atoms. The van der Waals surface area contributed by atoms with Gasteiger partial charge >= 0.3 is 0 Å². The lowest BCUT2D eigenvalue weighted by Crippen LogP contribution is -2.50. The number of fused-ring (bicyclic) bond motifs is 2. The molecule has 0 radical (unpaired) electrons. The molecule has 4 heteroatoms. The third-order valence-corrected chi connectivity index (χ3v) is 3.53. The lowest BCUT2D eigenvalue weighted by atomic mass is 10.0. The average molecular weight is 212 g/mol. The first-order chi connectivity index (χ1) is 7.08. The van der Waals surface area contributed by atoms with Crippen LogP contribution in [0.1, 0.15) is 26.7 Å². The molecule has 15 heavy (non-hydrogen) atoms. The second kappa shape index (κ2) is 4.10. The highest BCUT2D eigenvalue weighted by atomic mass is 16.5. The van der Waals surface area contributed by atoms with E-state index in [-0.39, 0.29) is 30.1 Å².